The third-order valence-corrected chi connectivity index (χ3v) is 9.06. The fraction of sp³-hybridized carbons (Fsp3) is 0.333. The fourth-order valence-corrected chi connectivity index (χ4v) is 6.40. The molecule has 2 aromatic heterocycles. The van der Waals surface area contributed by atoms with E-state index in [1.807, 2.05) is 35.2 Å². The number of nitrogens with one attached hydrogen (secondary N) is 2. The highest BCUT2D eigenvalue weighted by atomic mass is 35.5. The molecule has 4 heterocycles. The van der Waals surface area contributed by atoms with Gasteiger partial charge in [0.25, 0.3) is 11.9 Å². The molecule has 2 aliphatic rings. The van der Waals surface area contributed by atoms with Gasteiger partial charge < -0.3 is 29.8 Å². The third-order valence-electron chi connectivity index (χ3n) is 8.43. The lowest BCUT2D eigenvalue weighted by Crippen LogP contribution is -2.38. The Morgan fingerprint density at radius 3 is 2.23 bits per heavy atom. The van der Waals surface area contributed by atoms with Crippen LogP contribution in [0.2, 0.25) is 10.0 Å². The predicted octanol–water partition coefficient (Wildman–Crippen LogP) is 7.78. The molecule has 0 spiro atoms. The van der Waals surface area contributed by atoms with Gasteiger partial charge in [-0.05, 0) is 55.0 Å². The summed E-state index contributed by atoms with van der Waals surface area (Å²) in [7, 11) is 0. The van der Waals surface area contributed by atoms with E-state index in [9.17, 15) is 22.8 Å². The Morgan fingerprint density at radius 2 is 1.56 bits per heavy atom. The largest absolute Gasteiger partial charge is 0.437 e. The molecular weight excluding hydrogens is 670 g/mol. The number of urea groups is 1. The topological polar surface area (TPSA) is 107 Å². The molecule has 15 heteroatoms. The van der Waals surface area contributed by atoms with Crippen LogP contribution in [0.15, 0.2) is 71.3 Å². The lowest BCUT2D eigenvalue weighted by Gasteiger charge is -2.31. The summed E-state index contributed by atoms with van der Waals surface area (Å²) in [6.07, 6.45) is -1.45. The first-order valence-corrected chi connectivity index (χ1v) is 16.2. The van der Waals surface area contributed by atoms with Gasteiger partial charge in [-0.15, -0.1) is 0 Å². The number of hydrogen-bond donors (Lipinski definition) is 2. The molecular formula is C33H32Cl2F3N7O3. The van der Waals surface area contributed by atoms with Crippen molar-refractivity contribution in [3.05, 3.63) is 93.9 Å². The Hall–Kier alpha value is -4.49. The first-order chi connectivity index (χ1) is 23.1. The van der Waals surface area contributed by atoms with Crippen molar-refractivity contribution in [2.24, 2.45) is 0 Å². The van der Waals surface area contributed by atoms with Gasteiger partial charge in [0.05, 0.1) is 27.6 Å². The number of hydrogen-bond acceptors (Lipinski definition) is 7. The molecule has 2 aromatic carbocycles. The van der Waals surface area contributed by atoms with E-state index in [1.165, 1.54) is 11.8 Å². The number of carbonyl (C=O) groups is 2. The van der Waals surface area contributed by atoms with Crippen LogP contribution in [-0.4, -0.2) is 66.1 Å². The molecule has 3 amide bonds. The third kappa shape index (κ3) is 7.63. The first-order valence-electron chi connectivity index (χ1n) is 15.5. The van der Waals surface area contributed by atoms with E-state index in [0.29, 0.717) is 80.1 Å². The molecule has 2 aliphatic heterocycles. The van der Waals surface area contributed by atoms with Crippen molar-refractivity contribution in [2.75, 3.05) is 59.7 Å². The number of halogens is 5. The second-order valence-corrected chi connectivity index (χ2v) is 12.4. The van der Waals surface area contributed by atoms with Gasteiger partial charge in [-0.1, -0.05) is 59.6 Å². The Kier molecular flexibility index (Phi) is 9.97. The highest BCUT2D eigenvalue weighted by molar-refractivity contribution is 6.39. The van der Waals surface area contributed by atoms with E-state index in [2.05, 4.69) is 20.6 Å². The van der Waals surface area contributed by atoms with E-state index in [-0.39, 0.29) is 23.7 Å². The Labute approximate surface area is 284 Å². The molecule has 2 fully saturated rings. The van der Waals surface area contributed by atoms with Crippen LogP contribution in [0.3, 0.4) is 0 Å². The first kappa shape index (κ1) is 33.4. The molecule has 6 rings (SSSR count). The van der Waals surface area contributed by atoms with Crippen molar-refractivity contribution < 1.29 is 27.2 Å². The van der Waals surface area contributed by atoms with Crippen molar-refractivity contribution in [3.63, 3.8) is 0 Å². The number of para-hydroxylation sites is 1. The van der Waals surface area contributed by atoms with Gasteiger partial charge in [-0.25, -0.2) is 9.78 Å². The van der Waals surface area contributed by atoms with Crippen LogP contribution in [-0.2, 0) is 6.18 Å². The number of pyridine rings is 1. The Bertz CT molecular complexity index is 1730. The van der Waals surface area contributed by atoms with Crippen LogP contribution in [0.4, 0.5) is 41.2 Å². The van der Waals surface area contributed by atoms with Gasteiger partial charge in [0.1, 0.15) is 5.82 Å². The van der Waals surface area contributed by atoms with E-state index >= 15 is 0 Å². The predicted molar refractivity (Wildman–Crippen MR) is 178 cm³/mol. The van der Waals surface area contributed by atoms with Crippen molar-refractivity contribution in [3.8, 4) is 0 Å². The number of nitrogens with zero attached hydrogens (tertiary/aromatic N) is 5. The number of anilines is 4. The van der Waals surface area contributed by atoms with Crippen LogP contribution < -0.4 is 20.4 Å². The lowest BCUT2D eigenvalue weighted by molar-refractivity contribution is -0.141. The molecule has 252 valence electrons. The van der Waals surface area contributed by atoms with E-state index in [1.54, 1.807) is 40.1 Å². The number of oxazole rings is 1. The molecule has 0 unspecified atom stereocenters. The lowest BCUT2D eigenvalue weighted by atomic mass is 9.90. The second kappa shape index (κ2) is 14.3. The highest BCUT2D eigenvalue weighted by Crippen LogP contribution is 2.37. The number of aromatic nitrogens is 2. The normalized spacial score (nSPS) is 16.1. The van der Waals surface area contributed by atoms with Crippen LogP contribution in [0, 0.1) is 0 Å². The zero-order valence-electron chi connectivity index (χ0n) is 25.6. The standard InChI is InChI=1S/C33H32Cl2F3N7O3/c34-24-8-4-9-25(35)27(24)41-31(47)44-15-5-14-43(18-19-44)26-11-10-23(20-39-26)40-30(46)28-29(33(36,37)38)42-32(48-28)45-16-12-22(13-17-45)21-6-2-1-3-7-21/h1-4,6-11,20,22H,5,12-19H2,(H,40,46)(H,41,47). The zero-order valence-corrected chi connectivity index (χ0v) is 27.2. The van der Waals surface area contributed by atoms with Crippen molar-refractivity contribution in [2.45, 2.75) is 31.4 Å². The smallest absolute Gasteiger partial charge is 0.417 e. The van der Waals surface area contributed by atoms with Crippen molar-refractivity contribution in [1.29, 1.82) is 0 Å². The van der Waals surface area contributed by atoms with Crippen LogP contribution in [0.25, 0.3) is 0 Å². The summed E-state index contributed by atoms with van der Waals surface area (Å²) in [5.41, 5.74) is 0.338. The quantitative estimate of drug-likeness (QED) is 0.212. The molecule has 0 radical (unpaired) electrons. The minimum atomic E-state index is -4.89. The second-order valence-electron chi connectivity index (χ2n) is 11.6. The van der Waals surface area contributed by atoms with Gasteiger partial charge in [0.2, 0.25) is 5.76 Å². The molecule has 0 aliphatic carbocycles. The zero-order chi connectivity index (χ0) is 33.8. The summed E-state index contributed by atoms with van der Waals surface area (Å²) in [6.45, 7) is 2.85. The molecule has 0 saturated carbocycles. The summed E-state index contributed by atoms with van der Waals surface area (Å²) >= 11 is 12.4. The van der Waals surface area contributed by atoms with Gasteiger partial charge in [-0.3, -0.25) is 4.79 Å². The molecule has 2 N–H and O–H groups in total. The summed E-state index contributed by atoms with van der Waals surface area (Å²) < 4.78 is 47.3. The van der Waals surface area contributed by atoms with Crippen LogP contribution >= 0.6 is 23.2 Å². The molecule has 4 aromatic rings. The minimum absolute atomic E-state index is 0.186. The molecule has 2 saturated heterocycles. The van der Waals surface area contributed by atoms with Crippen LogP contribution in [0.5, 0.6) is 0 Å². The number of amides is 3. The number of benzene rings is 2. The maximum absolute atomic E-state index is 13.9. The maximum atomic E-state index is 13.9. The Balaban J connectivity index is 1.07. The number of rotatable bonds is 6. The summed E-state index contributed by atoms with van der Waals surface area (Å²) in [5, 5.41) is 5.90. The van der Waals surface area contributed by atoms with Gasteiger partial charge in [-0.2, -0.15) is 18.2 Å². The van der Waals surface area contributed by atoms with E-state index in [4.69, 9.17) is 27.6 Å². The monoisotopic (exact) mass is 701 g/mol. The van der Waals surface area contributed by atoms with Gasteiger partial charge >= 0.3 is 12.2 Å². The fourth-order valence-electron chi connectivity index (χ4n) is 5.91. The van der Waals surface area contributed by atoms with E-state index in [0.717, 1.165) is 0 Å². The number of piperidine rings is 1. The molecule has 0 bridgehead atoms. The number of carbonyl (C=O) groups excluding carboxylic acids is 2. The van der Waals surface area contributed by atoms with Gasteiger partial charge in [0, 0.05) is 39.3 Å². The average molecular weight is 703 g/mol. The van der Waals surface area contributed by atoms with Gasteiger partial charge in [0.15, 0.2) is 5.69 Å². The Morgan fingerprint density at radius 1 is 0.833 bits per heavy atom. The van der Waals surface area contributed by atoms with Crippen molar-refractivity contribution >= 4 is 58.3 Å². The summed E-state index contributed by atoms with van der Waals surface area (Å²) in [6, 6.07) is 17.6. The summed E-state index contributed by atoms with van der Waals surface area (Å²) in [4.78, 5) is 39.4. The van der Waals surface area contributed by atoms with E-state index < -0.39 is 23.5 Å². The molecule has 48 heavy (non-hydrogen) atoms. The maximum Gasteiger partial charge on any atom is 0.437 e. The molecule has 0 atom stereocenters. The number of alkyl halides is 3. The van der Waals surface area contributed by atoms with Crippen LogP contribution in [0.1, 0.15) is 47.0 Å². The summed E-state index contributed by atoms with van der Waals surface area (Å²) in [5.74, 6) is -1.12. The van der Waals surface area contributed by atoms with Crippen molar-refractivity contribution in [1.82, 2.24) is 14.9 Å². The molecule has 10 nitrogen and oxygen atoms in total. The minimum Gasteiger partial charge on any atom is -0.417 e. The highest BCUT2D eigenvalue weighted by Gasteiger charge is 2.42. The average Bonchev–Trinajstić information content (AvgIpc) is 3.41. The SMILES string of the molecule is O=C(Nc1ccc(N2CCCN(C(=O)Nc3c(Cl)cccc3Cl)CC2)nc1)c1oc(N2CCC(c3ccccc3)CC2)nc1C(F)(F)F.